The Bertz CT molecular complexity index is 990. The number of halogens is 2. The van der Waals surface area contributed by atoms with Crippen molar-refractivity contribution in [1.82, 2.24) is 4.90 Å². The Balaban J connectivity index is 1.79. The average Bonchev–Trinajstić information content (AvgIpc) is 2.93. The summed E-state index contributed by atoms with van der Waals surface area (Å²) in [4.78, 5) is 27.2. The molecule has 1 aliphatic rings. The molecule has 1 atom stereocenters. The summed E-state index contributed by atoms with van der Waals surface area (Å²) in [6, 6.07) is 11.8. The van der Waals surface area contributed by atoms with Gasteiger partial charge in [-0.1, -0.05) is 77.0 Å². The van der Waals surface area contributed by atoms with Crippen molar-refractivity contribution in [2.24, 2.45) is 0 Å². The first-order chi connectivity index (χ1) is 13.3. The van der Waals surface area contributed by atoms with Gasteiger partial charge in [0, 0.05) is 5.69 Å². The number of aryl methyl sites for hydroxylation is 1. The third kappa shape index (κ3) is 4.41. The van der Waals surface area contributed by atoms with Gasteiger partial charge in [0.05, 0.1) is 15.0 Å². The van der Waals surface area contributed by atoms with Crippen molar-refractivity contribution in [1.29, 1.82) is 0 Å². The molecule has 8 heteroatoms. The zero-order chi connectivity index (χ0) is 20.4. The van der Waals surface area contributed by atoms with Crippen LogP contribution in [0.4, 0.5) is 5.69 Å². The van der Waals surface area contributed by atoms with E-state index in [9.17, 15) is 9.59 Å². The van der Waals surface area contributed by atoms with Gasteiger partial charge in [0.15, 0.2) is 0 Å². The van der Waals surface area contributed by atoms with E-state index in [1.54, 1.807) is 31.2 Å². The van der Waals surface area contributed by atoms with Crippen molar-refractivity contribution < 1.29 is 9.59 Å². The maximum atomic E-state index is 12.9. The molecule has 2 aromatic carbocycles. The number of hydrogen-bond acceptors (Lipinski definition) is 4. The molecule has 144 valence electrons. The fourth-order valence-corrected chi connectivity index (χ4v) is 4.36. The molecule has 4 nitrogen and oxygen atoms in total. The molecule has 1 aliphatic heterocycles. The summed E-state index contributed by atoms with van der Waals surface area (Å²) < 4.78 is 0.320. The molecule has 2 aromatic rings. The standard InChI is InChI=1S/C20H16Cl2N2O2S2/c1-11-6-8-14(9-7-11)23-18(25)12(2)24-19(26)16(28-20(24)27)10-13-4-3-5-15(21)17(13)22/h3-10,12H,1-2H3,(H,23,25)/b16-10-. The molecule has 3 rings (SSSR count). The molecule has 0 radical (unpaired) electrons. The summed E-state index contributed by atoms with van der Waals surface area (Å²) >= 11 is 18.7. The fourth-order valence-electron chi connectivity index (χ4n) is 2.59. The zero-order valence-corrected chi connectivity index (χ0v) is 18.2. The number of nitrogens with zero attached hydrogens (tertiary/aromatic N) is 1. The number of thioether (sulfide) groups is 1. The highest BCUT2D eigenvalue weighted by atomic mass is 35.5. The summed E-state index contributed by atoms with van der Waals surface area (Å²) in [5.74, 6) is -0.653. The van der Waals surface area contributed by atoms with Gasteiger partial charge in [0.1, 0.15) is 10.4 Å². The third-order valence-electron chi connectivity index (χ3n) is 4.18. The monoisotopic (exact) mass is 450 g/mol. The van der Waals surface area contributed by atoms with Crippen LogP contribution in [0.25, 0.3) is 6.08 Å². The van der Waals surface area contributed by atoms with Crippen LogP contribution in [0.1, 0.15) is 18.1 Å². The maximum absolute atomic E-state index is 12.9. The van der Waals surface area contributed by atoms with E-state index in [0.717, 1.165) is 17.3 Å². The number of carbonyl (C=O) groups is 2. The molecule has 1 N–H and O–H groups in total. The van der Waals surface area contributed by atoms with Crippen LogP contribution < -0.4 is 5.32 Å². The maximum Gasteiger partial charge on any atom is 0.266 e. The molecular formula is C20H16Cl2N2O2S2. The Kier molecular flexibility index (Phi) is 6.45. The van der Waals surface area contributed by atoms with Crippen LogP contribution in [0.5, 0.6) is 0 Å². The van der Waals surface area contributed by atoms with Crippen molar-refractivity contribution in [2.75, 3.05) is 5.32 Å². The third-order valence-corrected chi connectivity index (χ3v) is 6.34. The van der Waals surface area contributed by atoms with E-state index in [-0.39, 0.29) is 11.8 Å². The Hall–Kier alpha value is -1.86. The van der Waals surface area contributed by atoms with Crippen molar-refractivity contribution in [3.8, 4) is 0 Å². The van der Waals surface area contributed by atoms with Crippen LogP contribution in [0.2, 0.25) is 10.0 Å². The lowest BCUT2D eigenvalue weighted by atomic mass is 10.2. The molecule has 0 aliphatic carbocycles. The van der Waals surface area contributed by atoms with Crippen LogP contribution in [-0.2, 0) is 9.59 Å². The number of amides is 2. The summed E-state index contributed by atoms with van der Waals surface area (Å²) in [7, 11) is 0. The van der Waals surface area contributed by atoms with E-state index in [4.69, 9.17) is 35.4 Å². The summed E-state index contributed by atoms with van der Waals surface area (Å²) in [6.07, 6.45) is 1.64. The molecule has 1 unspecified atom stereocenters. The lowest BCUT2D eigenvalue weighted by Gasteiger charge is -2.22. The van der Waals surface area contributed by atoms with E-state index < -0.39 is 6.04 Å². The minimum atomic E-state index is -0.755. The quantitative estimate of drug-likeness (QED) is 0.491. The minimum absolute atomic E-state index is 0.317. The van der Waals surface area contributed by atoms with Gasteiger partial charge >= 0.3 is 0 Å². The van der Waals surface area contributed by atoms with Gasteiger partial charge in [-0.05, 0) is 43.7 Å². The van der Waals surface area contributed by atoms with E-state index in [1.165, 1.54) is 4.90 Å². The van der Waals surface area contributed by atoms with Crippen LogP contribution in [-0.4, -0.2) is 27.1 Å². The van der Waals surface area contributed by atoms with Gasteiger partial charge in [-0.25, -0.2) is 0 Å². The number of nitrogens with one attached hydrogen (secondary N) is 1. The van der Waals surface area contributed by atoms with Crippen LogP contribution in [0.15, 0.2) is 47.4 Å². The molecule has 1 fully saturated rings. The highest BCUT2D eigenvalue weighted by Crippen LogP contribution is 2.36. The molecule has 0 aromatic heterocycles. The highest BCUT2D eigenvalue weighted by molar-refractivity contribution is 8.26. The van der Waals surface area contributed by atoms with Crippen LogP contribution >= 0.6 is 47.2 Å². The topological polar surface area (TPSA) is 49.4 Å². The van der Waals surface area contributed by atoms with Gasteiger partial charge in [-0.2, -0.15) is 0 Å². The largest absolute Gasteiger partial charge is 0.324 e. The van der Waals surface area contributed by atoms with Crippen LogP contribution in [0.3, 0.4) is 0 Å². The number of benzene rings is 2. The summed E-state index contributed by atoms with van der Waals surface area (Å²) in [5, 5.41) is 3.57. The van der Waals surface area contributed by atoms with Gasteiger partial charge in [-0.15, -0.1) is 0 Å². The Morgan fingerprint density at radius 3 is 2.57 bits per heavy atom. The lowest BCUT2D eigenvalue weighted by Crippen LogP contribution is -2.44. The predicted octanol–water partition coefficient (Wildman–Crippen LogP) is 5.53. The van der Waals surface area contributed by atoms with E-state index in [0.29, 0.717) is 30.5 Å². The molecular weight excluding hydrogens is 435 g/mol. The highest BCUT2D eigenvalue weighted by Gasteiger charge is 2.38. The Morgan fingerprint density at radius 1 is 1.21 bits per heavy atom. The number of thiocarbonyl (C=S) groups is 1. The second-order valence-electron chi connectivity index (χ2n) is 6.23. The number of carbonyl (C=O) groups excluding carboxylic acids is 2. The van der Waals surface area contributed by atoms with Crippen molar-refractivity contribution in [3.05, 3.63) is 68.5 Å². The molecule has 28 heavy (non-hydrogen) atoms. The number of hydrogen-bond donors (Lipinski definition) is 1. The molecule has 0 spiro atoms. The van der Waals surface area contributed by atoms with E-state index in [1.807, 2.05) is 31.2 Å². The van der Waals surface area contributed by atoms with E-state index >= 15 is 0 Å². The number of rotatable bonds is 4. The Labute approximate surface area is 182 Å². The second kappa shape index (κ2) is 8.66. The zero-order valence-electron chi connectivity index (χ0n) is 15.0. The fraction of sp³-hybridized carbons (Fsp3) is 0.150. The Morgan fingerprint density at radius 2 is 1.89 bits per heavy atom. The average molecular weight is 451 g/mol. The summed E-state index contributed by atoms with van der Waals surface area (Å²) in [6.45, 7) is 3.61. The molecule has 0 saturated carbocycles. The van der Waals surface area contributed by atoms with Crippen LogP contribution in [0, 0.1) is 6.92 Å². The first-order valence-electron chi connectivity index (χ1n) is 8.36. The smallest absolute Gasteiger partial charge is 0.266 e. The molecule has 1 saturated heterocycles. The van der Waals surface area contributed by atoms with E-state index in [2.05, 4.69) is 5.32 Å². The lowest BCUT2D eigenvalue weighted by molar-refractivity contribution is -0.129. The first kappa shape index (κ1) is 20.9. The van der Waals surface area contributed by atoms with Crippen molar-refractivity contribution >= 4 is 75.1 Å². The van der Waals surface area contributed by atoms with Gasteiger partial charge < -0.3 is 5.32 Å². The minimum Gasteiger partial charge on any atom is -0.324 e. The SMILES string of the molecule is Cc1ccc(NC(=O)C(C)N2C(=O)/C(=C/c3cccc(Cl)c3Cl)SC2=S)cc1. The van der Waals surface area contributed by atoms with Gasteiger partial charge in [-0.3, -0.25) is 14.5 Å². The van der Waals surface area contributed by atoms with Crippen molar-refractivity contribution in [3.63, 3.8) is 0 Å². The first-order valence-corrected chi connectivity index (χ1v) is 10.3. The second-order valence-corrected chi connectivity index (χ2v) is 8.69. The van der Waals surface area contributed by atoms with Gasteiger partial charge in [0.25, 0.3) is 5.91 Å². The molecule has 2 amide bonds. The molecule has 1 heterocycles. The normalized spacial score (nSPS) is 16.6. The van der Waals surface area contributed by atoms with Crippen molar-refractivity contribution in [2.45, 2.75) is 19.9 Å². The van der Waals surface area contributed by atoms with Gasteiger partial charge in [0.2, 0.25) is 5.91 Å². The molecule has 0 bridgehead atoms. The predicted molar refractivity (Wildman–Crippen MR) is 121 cm³/mol. The number of anilines is 1. The summed E-state index contributed by atoms with van der Waals surface area (Å²) in [5.41, 5.74) is 2.37.